The van der Waals surface area contributed by atoms with Crippen LogP contribution in [0, 0.1) is 0 Å². The SMILES string of the molecule is C.CC.CC.CC.CCN/C(SC)=C1\CCCC1=O.CCN=C=S.CCNc1n[nH]c2c1CCC2.CI.NN.O=C1CCCC1.[3HH].[3H][3H].[3H][3H].[3H][3H].[3H][3H].[3H][3H].[HH].[HH].[HH]. The number of aromatic amines is 1. The van der Waals surface area contributed by atoms with Crippen LogP contribution in [0.2, 0.25) is 0 Å². The van der Waals surface area contributed by atoms with E-state index >= 15 is 0 Å². The van der Waals surface area contributed by atoms with Gasteiger partial charge >= 0.3 is 0 Å². The molecule has 0 amide bonds. The minimum Gasteiger partial charge on any atom is -0.380 e. The summed E-state index contributed by atoms with van der Waals surface area (Å²) in [4.78, 5) is 27.1. The number of aromatic nitrogens is 2. The van der Waals surface area contributed by atoms with E-state index < -0.39 is 0 Å². The van der Waals surface area contributed by atoms with Gasteiger partial charge in [0.2, 0.25) is 0 Å². The number of hydrazine groups is 1. The van der Waals surface area contributed by atoms with Crippen molar-refractivity contribution in [3.8, 4) is 0 Å². The van der Waals surface area contributed by atoms with Gasteiger partial charge in [0.05, 0.1) is 10.2 Å². The Morgan fingerprint density at radius 1 is 0.978 bits per heavy atom. The summed E-state index contributed by atoms with van der Waals surface area (Å²) in [5.74, 6) is 9.86. The minimum absolute atomic E-state index is 0. The van der Waals surface area contributed by atoms with Crippen LogP contribution in [0.5, 0.6) is 0 Å². The zero-order valence-electron chi connectivity index (χ0n) is 39.8. The van der Waals surface area contributed by atoms with Crippen molar-refractivity contribution in [2.45, 2.75) is 134 Å². The number of nitrogens with two attached hydrogens (primary N) is 2. The van der Waals surface area contributed by atoms with Crippen molar-refractivity contribution in [1.82, 2.24) is 15.5 Å². The van der Waals surface area contributed by atoms with Crippen LogP contribution in [0.4, 0.5) is 5.82 Å². The first-order valence-electron chi connectivity index (χ1n) is 21.1. The number of aryl methyl sites for hydroxylation is 1. The first-order valence-corrected chi connectivity index (χ1v) is 19.9. The number of fused-ring (bicyclic) bond motifs is 1. The monoisotopic (exact) mass is 828 g/mol. The summed E-state index contributed by atoms with van der Waals surface area (Å²) in [6.45, 7) is 20.7. The maximum Gasteiger partial charge on any atom is 0.161 e. The van der Waals surface area contributed by atoms with E-state index in [-0.39, 0.29) is 13.1 Å². The van der Waals surface area contributed by atoms with Gasteiger partial charge < -0.3 is 10.6 Å². The highest BCUT2D eigenvalue weighted by Crippen LogP contribution is 2.27. The summed E-state index contributed by atoms with van der Waals surface area (Å²) >= 11 is 8.03. The Morgan fingerprint density at radius 3 is 1.84 bits per heavy atom. The molecule has 0 atom stereocenters. The van der Waals surface area contributed by atoms with E-state index in [0.29, 0.717) is 11.6 Å². The standard InChI is InChI=1S/C9H15NOS.C8H13N3.C5H8O.C3H5NS.3C2H6.CH3I.CH4.H4N2.9H2/c1-3-10-9(12-2)7-5-4-6-8(7)11;1-2-9-8-6-4-3-5-7(6)10-11-8;6-5-3-1-2-4-5;1-2-4-3-5;4*1-2;;1-2;;;;;;;;;/h10H,3-6H2,1-2H3;2-5H2,1H3,(H2,9,10,11);1-4H2;2H2,1H3;3*1-2H3;1H3;1H4;1-2H2;9*1H/b9-7-;;;;;;;;;;;;;;;;;;/i;;;;;;;;;;5*1+2T;1+2;;;. The lowest BCUT2D eigenvalue weighted by Gasteiger charge is -2.08. The lowest BCUT2D eigenvalue weighted by Crippen LogP contribution is -2.13. The predicted octanol–water partition coefficient (Wildman–Crippen LogP) is 11.3. The number of anilines is 1. The molecule has 286 valence electrons. The van der Waals surface area contributed by atoms with E-state index in [0.717, 1.165) is 81.0 Å². The van der Waals surface area contributed by atoms with Gasteiger partial charge in [-0.3, -0.25) is 26.4 Å². The van der Waals surface area contributed by atoms with E-state index in [2.05, 4.69) is 91.3 Å². The fourth-order valence-electron chi connectivity index (χ4n) is 3.89. The van der Waals surface area contributed by atoms with Gasteiger partial charge in [-0.15, -0.1) is 11.8 Å². The second-order valence-corrected chi connectivity index (χ2v) is 9.04. The highest BCUT2D eigenvalue weighted by Gasteiger charge is 2.20. The van der Waals surface area contributed by atoms with Crippen LogP contribution >= 0.6 is 46.6 Å². The molecule has 3 aliphatic carbocycles. The van der Waals surface area contributed by atoms with Crippen LogP contribution in [0.1, 0.15) is 153 Å². The summed E-state index contributed by atoms with van der Waals surface area (Å²) in [6.07, 6.45) is 12.4. The molecular formula is C33H88IN7O2S2. The number of aliphatic imine (C=N–C) groups is 1. The van der Waals surface area contributed by atoms with E-state index in [9.17, 15) is 9.59 Å². The number of nitrogens with zero attached hydrogens (tertiary/aromatic N) is 2. The zero-order chi connectivity index (χ0) is 45.2. The topological polar surface area (TPSA) is 151 Å². The molecule has 9 nitrogen and oxygen atoms in total. The number of carbonyl (C=O) groups excluding carboxylic acids is 2. The molecule has 0 spiro atoms. The number of H-pyrrole nitrogens is 1. The molecule has 2 saturated carbocycles. The fraction of sp³-hybridized carbons (Fsp3) is 0.758. The molecule has 1 aromatic heterocycles. The van der Waals surface area contributed by atoms with Gasteiger partial charge in [-0.25, -0.2) is 4.99 Å². The van der Waals surface area contributed by atoms with Gasteiger partial charge in [-0.2, -0.15) is 5.10 Å². The van der Waals surface area contributed by atoms with Crippen LogP contribution in [-0.4, -0.2) is 57.7 Å². The Morgan fingerprint density at radius 2 is 1.51 bits per heavy atom. The second-order valence-electron chi connectivity index (χ2n) is 8.04. The number of thiocarbonyl (C=S) groups is 1. The number of hydrogen-bond acceptors (Lipinski definition) is 10. The fourth-order valence-corrected chi connectivity index (χ4v) is 4.77. The Hall–Kier alpha value is -1.31. The normalized spacial score (nSPS) is 14.5. The number of hydrogen-bond donors (Lipinski definition) is 5. The van der Waals surface area contributed by atoms with Crippen molar-refractivity contribution in [3.63, 3.8) is 0 Å². The van der Waals surface area contributed by atoms with Crippen LogP contribution in [0.3, 0.4) is 0 Å². The van der Waals surface area contributed by atoms with E-state index in [1.165, 1.54) is 30.5 Å². The summed E-state index contributed by atoms with van der Waals surface area (Å²) < 4.78 is 50.0. The third kappa shape index (κ3) is 29.8. The van der Waals surface area contributed by atoms with Crippen LogP contribution in [0.15, 0.2) is 15.6 Å². The van der Waals surface area contributed by atoms with Crippen molar-refractivity contribution in [2.75, 3.05) is 36.1 Å². The number of allylic oxidation sites excluding steroid dienone is 1. The van der Waals surface area contributed by atoms with E-state index in [1.807, 2.05) is 59.7 Å². The average Bonchev–Trinajstić information content (AvgIpc) is 4.12. The smallest absolute Gasteiger partial charge is 0.161 e. The molecule has 1 heterocycles. The van der Waals surface area contributed by atoms with E-state index in [1.54, 1.807) is 11.8 Å². The Labute approximate surface area is 322 Å². The maximum atomic E-state index is 11.3. The molecule has 0 bridgehead atoms. The third-order valence-electron chi connectivity index (χ3n) is 5.52. The number of thioether (sulfide) groups is 1. The van der Waals surface area contributed by atoms with Gasteiger partial charge in [-0.1, -0.05) is 71.6 Å². The molecule has 0 aromatic carbocycles. The molecular weight excluding hydrogens is 717 g/mol. The number of halogens is 1. The summed E-state index contributed by atoms with van der Waals surface area (Å²) in [6, 6.07) is 0. The minimum atomic E-state index is 0. The highest BCUT2D eigenvalue weighted by molar-refractivity contribution is 14.1. The number of carbonyl (C=O) groups is 2. The van der Waals surface area contributed by atoms with Crippen molar-refractivity contribution in [3.05, 3.63) is 21.9 Å². The largest absolute Gasteiger partial charge is 0.380 e. The van der Waals surface area contributed by atoms with Crippen molar-refractivity contribution in [2.24, 2.45) is 16.7 Å². The molecule has 0 radical (unpaired) electrons. The number of ketones is 2. The Kier molecular flexibility index (Phi) is 45.7. The molecule has 12 heteroatoms. The van der Waals surface area contributed by atoms with Gasteiger partial charge in [-0.05, 0) is 89.1 Å². The molecule has 0 saturated heterocycles. The lowest BCUT2D eigenvalue weighted by atomic mass is 10.2. The molecule has 0 unspecified atom stereocenters. The third-order valence-corrected chi connectivity index (χ3v) is 6.45. The number of isothiocyanates is 1. The number of rotatable bonds is 6. The molecule has 4 rings (SSSR count). The van der Waals surface area contributed by atoms with E-state index in [4.69, 9.17) is 14.8 Å². The molecule has 7 N–H and O–H groups in total. The summed E-state index contributed by atoms with van der Waals surface area (Å²) in [7, 11) is 0. The Balaban J connectivity index is -0.0000000294. The van der Waals surface area contributed by atoms with Gasteiger partial charge in [0, 0.05) is 76.3 Å². The van der Waals surface area contributed by atoms with Gasteiger partial charge in [0.25, 0.3) is 0 Å². The highest BCUT2D eigenvalue weighted by atomic mass is 127. The zero-order valence-corrected chi connectivity index (χ0v) is 33.5. The second kappa shape index (κ2) is 47.1. The quantitative estimate of drug-likeness (QED) is 0.0359. The molecule has 3 aliphatic rings. The van der Waals surface area contributed by atoms with Crippen molar-refractivity contribution in [1.29, 1.82) is 0 Å². The molecule has 1 aromatic rings. The molecule has 0 aliphatic heterocycles. The van der Waals surface area contributed by atoms with Gasteiger partial charge in [0.15, 0.2) is 11.6 Å². The maximum absolute atomic E-state index is 11.3. The number of Topliss-reactive ketones (excluding diaryl/α,β-unsaturated/α-hetero) is 2. The summed E-state index contributed by atoms with van der Waals surface area (Å²) in [5, 5.41) is 17.0. The van der Waals surface area contributed by atoms with Crippen LogP contribution < -0.4 is 22.3 Å². The molecule has 45 heavy (non-hydrogen) atoms. The van der Waals surface area contributed by atoms with Gasteiger partial charge in [0.1, 0.15) is 5.78 Å². The predicted molar refractivity (Wildman–Crippen MR) is 235 cm³/mol. The number of nitrogens with one attached hydrogen (secondary N) is 3. The van der Waals surface area contributed by atoms with Crippen LogP contribution in [0.25, 0.3) is 0 Å². The first-order chi connectivity index (χ1) is 26.5. The number of alkyl halides is 1. The molecule has 2 fully saturated rings. The van der Waals surface area contributed by atoms with Crippen molar-refractivity contribution < 1.29 is 30.1 Å². The lowest BCUT2D eigenvalue weighted by molar-refractivity contribution is -0.117. The summed E-state index contributed by atoms with van der Waals surface area (Å²) in [5.41, 5.74) is 3.76. The Bertz CT molecular complexity index is 899. The first kappa shape index (κ1) is 43.7. The van der Waals surface area contributed by atoms with Crippen LogP contribution in [-0.2, 0) is 22.4 Å². The van der Waals surface area contributed by atoms with Crippen molar-refractivity contribution >= 4 is 69.1 Å². The average molecular weight is 828 g/mol.